The van der Waals surface area contributed by atoms with Crippen molar-refractivity contribution in [1.29, 1.82) is 0 Å². The van der Waals surface area contributed by atoms with Crippen molar-refractivity contribution in [3.63, 3.8) is 0 Å². The van der Waals surface area contributed by atoms with E-state index < -0.39 is 10.8 Å². The number of carbonyl (C=O) groups excluding carboxylic acids is 1. The number of nitro groups is 1. The van der Waals surface area contributed by atoms with Crippen LogP contribution >= 0.6 is 23.2 Å². The third kappa shape index (κ3) is 3.68. The van der Waals surface area contributed by atoms with Gasteiger partial charge in [-0.15, -0.1) is 0 Å². The molecule has 2 aromatic heterocycles. The van der Waals surface area contributed by atoms with Gasteiger partial charge < -0.3 is 5.32 Å². The molecule has 26 heavy (non-hydrogen) atoms. The molecule has 1 amide bonds. The molecular weight excluding hydrogens is 383 g/mol. The number of benzene rings is 1. The van der Waals surface area contributed by atoms with Gasteiger partial charge >= 0.3 is 5.69 Å². The van der Waals surface area contributed by atoms with E-state index in [-0.39, 0.29) is 17.2 Å². The zero-order valence-corrected chi connectivity index (χ0v) is 14.9. The first kappa shape index (κ1) is 17.9. The second-order valence-corrected chi connectivity index (χ2v) is 6.19. The SMILES string of the molecule is Cn1ncc([N+](=O)[O-])c1C(=O)Nc1ccn(Cc2ccc(Cl)cc2Cl)n1. The van der Waals surface area contributed by atoms with Gasteiger partial charge in [0.15, 0.2) is 5.82 Å². The number of rotatable bonds is 5. The predicted octanol–water partition coefficient (Wildman–Crippen LogP) is 3.13. The third-order valence-corrected chi connectivity index (χ3v) is 4.15. The van der Waals surface area contributed by atoms with Gasteiger partial charge in [0.05, 0.1) is 11.5 Å². The van der Waals surface area contributed by atoms with Crippen LogP contribution in [0.2, 0.25) is 10.0 Å². The van der Waals surface area contributed by atoms with E-state index in [0.717, 1.165) is 16.4 Å². The van der Waals surface area contributed by atoms with Gasteiger partial charge in [0, 0.05) is 29.4 Å². The number of aryl methyl sites for hydroxylation is 1. The van der Waals surface area contributed by atoms with Crippen molar-refractivity contribution in [3.8, 4) is 0 Å². The summed E-state index contributed by atoms with van der Waals surface area (Å²) in [7, 11) is 1.45. The normalized spacial score (nSPS) is 10.7. The molecule has 0 aliphatic heterocycles. The Morgan fingerprint density at radius 1 is 1.35 bits per heavy atom. The highest BCUT2D eigenvalue weighted by Crippen LogP contribution is 2.22. The first-order chi connectivity index (χ1) is 12.3. The Balaban J connectivity index is 1.75. The molecule has 0 fully saturated rings. The highest BCUT2D eigenvalue weighted by Gasteiger charge is 2.25. The smallest absolute Gasteiger partial charge is 0.304 e. The maximum atomic E-state index is 12.3. The van der Waals surface area contributed by atoms with Gasteiger partial charge in [-0.3, -0.25) is 24.3 Å². The van der Waals surface area contributed by atoms with Crippen LogP contribution in [0.5, 0.6) is 0 Å². The standard InChI is InChI=1S/C15H12Cl2N6O3/c1-21-14(12(7-18-21)23(25)26)15(24)19-13-4-5-22(20-13)8-9-2-3-10(16)6-11(9)17/h2-7H,8H2,1H3,(H,19,20,24). The van der Waals surface area contributed by atoms with Crippen molar-refractivity contribution >= 4 is 40.6 Å². The van der Waals surface area contributed by atoms with Crippen LogP contribution in [-0.2, 0) is 13.6 Å². The summed E-state index contributed by atoms with van der Waals surface area (Å²) in [5.41, 5.74) is 0.266. The van der Waals surface area contributed by atoms with Crippen LogP contribution in [0.15, 0.2) is 36.7 Å². The average molecular weight is 395 g/mol. The number of hydrogen-bond donors (Lipinski definition) is 1. The number of carbonyl (C=O) groups is 1. The van der Waals surface area contributed by atoms with Crippen molar-refractivity contribution < 1.29 is 9.72 Å². The third-order valence-electron chi connectivity index (χ3n) is 3.56. The molecule has 2 heterocycles. The Bertz CT molecular complexity index is 997. The van der Waals surface area contributed by atoms with Gasteiger partial charge in [0.25, 0.3) is 5.91 Å². The second kappa shape index (κ2) is 7.14. The minimum absolute atomic E-state index is 0.162. The maximum absolute atomic E-state index is 12.3. The molecule has 11 heteroatoms. The molecule has 3 aromatic rings. The topological polar surface area (TPSA) is 108 Å². The van der Waals surface area contributed by atoms with E-state index in [0.29, 0.717) is 16.6 Å². The summed E-state index contributed by atoms with van der Waals surface area (Å²) in [6, 6.07) is 6.70. The van der Waals surface area contributed by atoms with E-state index in [4.69, 9.17) is 23.2 Å². The molecule has 0 atom stereocenters. The Hall–Kier alpha value is -2.91. The van der Waals surface area contributed by atoms with Gasteiger partial charge in [-0.25, -0.2) is 0 Å². The predicted molar refractivity (Wildman–Crippen MR) is 95.6 cm³/mol. The van der Waals surface area contributed by atoms with E-state index in [1.165, 1.54) is 7.05 Å². The Kier molecular flexibility index (Phi) is 4.92. The van der Waals surface area contributed by atoms with E-state index in [9.17, 15) is 14.9 Å². The molecule has 1 N–H and O–H groups in total. The lowest BCUT2D eigenvalue weighted by atomic mass is 10.2. The van der Waals surface area contributed by atoms with Crippen LogP contribution in [0.4, 0.5) is 11.5 Å². The van der Waals surface area contributed by atoms with E-state index in [1.54, 1.807) is 35.1 Å². The van der Waals surface area contributed by atoms with Crippen molar-refractivity contribution in [3.05, 3.63) is 68.1 Å². The van der Waals surface area contributed by atoms with Gasteiger partial charge in [-0.05, 0) is 17.7 Å². The molecule has 0 saturated heterocycles. The summed E-state index contributed by atoms with van der Waals surface area (Å²) in [5.74, 6) is -0.429. The van der Waals surface area contributed by atoms with Gasteiger partial charge in [-0.2, -0.15) is 10.2 Å². The molecule has 0 radical (unpaired) electrons. The fourth-order valence-corrected chi connectivity index (χ4v) is 2.81. The molecule has 0 aliphatic rings. The Labute approximate surface area is 157 Å². The molecule has 134 valence electrons. The second-order valence-electron chi connectivity index (χ2n) is 5.35. The minimum Gasteiger partial charge on any atom is -0.304 e. The fourth-order valence-electron chi connectivity index (χ4n) is 2.34. The molecule has 3 rings (SSSR count). The fraction of sp³-hybridized carbons (Fsp3) is 0.133. The zero-order valence-electron chi connectivity index (χ0n) is 13.4. The summed E-state index contributed by atoms with van der Waals surface area (Å²) in [4.78, 5) is 22.6. The van der Waals surface area contributed by atoms with Crippen LogP contribution in [0.1, 0.15) is 16.1 Å². The lowest BCUT2D eigenvalue weighted by molar-refractivity contribution is -0.385. The number of halogens is 2. The largest absolute Gasteiger partial charge is 0.320 e. The van der Waals surface area contributed by atoms with Gasteiger partial charge in [0.1, 0.15) is 6.20 Å². The molecule has 0 bridgehead atoms. The van der Waals surface area contributed by atoms with Crippen molar-refractivity contribution in [2.75, 3.05) is 5.32 Å². The molecular formula is C15H12Cl2N6O3. The van der Waals surface area contributed by atoms with Crippen LogP contribution in [0.3, 0.4) is 0 Å². The van der Waals surface area contributed by atoms with Crippen LogP contribution in [-0.4, -0.2) is 30.4 Å². The average Bonchev–Trinajstić information content (AvgIpc) is 3.16. The molecule has 0 saturated carbocycles. The highest BCUT2D eigenvalue weighted by atomic mass is 35.5. The lowest BCUT2D eigenvalue weighted by Crippen LogP contribution is -2.18. The zero-order chi connectivity index (χ0) is 18.8. The number of anilines is 1. The first-order valence-electron chi connectivity index (χ1n) is 7.30. The molecule has 1 aromatic carbocycles. The number of aromatic nitrogens is 4. The number of nitrogens with one attached hydrogen (secondary N) is 1. The maximum Gasteiger partial charge on any atom is 0.320 e. The molecule has 0 spiro atoms. The summed E-state index contributed by atoms with van der Waals surface area (Å²) >= 11 is 12.0. The number of hydrogen-bond acceptors (Lipinski definition) is 5. The first-order valence-corrected chi connectivity index (χ1v) is 8.06. The van der Waals surface area contributed by atoms with Crippen LogP contribution < -0.4 is 5.32 Å². The summed E-state index contributed by atoms with van der Waals surface area (Å²) in [6.45, 7) is 0.373. The minimum atomic E-state index is -0.675. The molecule has 9 nitrogen and oxygen atoms in total. The lowest BCUT2D eigenvalue weighted by Gasteiger charge is -2.05. The molecule has 0 unspecified atom stereocenters. The summed E-state index contributed by atoms with van der Waals surface area (Å²) in [6.07, 6.45) is 2.67. The number of amides is 1. The molecule has 0 aliphatic carbocycles. The monoisotopic (exact) mass is 394 g/mol. The van der Waals surface area contributed by atoms with Crippen molar-refractivity contribution in [1.82, 2.24) is 19.6 Å². The Morgan fingerprint density at radius 2 is 2.12 bits per heavy atom. The van der Waals surface area contributed by atoms with Crippen LogP contribution in [0.25, 0.3) is 0 Å². The van der Waals surface area contributed by atoms with E-state index in [2.05, 4.69) is 15.5 Å². The Morgan fingerprint density at radius 3 is 2.81 bits per heavy atom. The number of nitrogens with zero attached hydrogens (tertiary/aromatic N) is 5. The van der Waals surface area contributed by atoms with E-state index in [1.807, 2.05) is 0 Å². The van der Waals surface area contributed by atoms with Gasteiger partial charge in [0.2, 0.25) is 5.69 Å². The quantitative estimate of drug-likeness (QED) is 0.528. The van der Waals surface area contributed by atoms with Crippen molar-refractivity contribution in [2.24, 2.45) is 7.05 Å². The summed E-state index contributed by atoms with van der Waals surface area (Å²) in [5, 5.41) is 22.5. The highest BCUT2D eigenvalue weighted by molar-refractivity contribution is 6.35. The van der Waals surface area contributed by atoms with Crippen LogP contribution in [0, 0.1) is 10.1 Å². The van der Waals surface area contributed by atoms with Crippen molar-refractivity contribution in [2.45, 2.75) is 6.54 Å². The van der Waals surface area contributed by atoms with E-state index >= 15 is 0 Å². The van der Waals surface area contributed by atoms with Gasteiger partial charge in [-0.1, -0.05) is 29.3 Å². The summed E-state index contributed by atoms with van der Waals surface area (Å²) < 4.78 is 2.71.